The van der Waals surface area contributed by atoms with E-state index in [1.807, 2.05) is 12.1 Å². The Balaban J connectivity index is 1.93. The van der Waals surface area contributed by atoms with Crippen molar-refractivity contribution >= 4 is 49.4 Å². The van der Waals surface area contributed by atoms with Gasteiger partial charge in [0.05, 0.1) is 20.0 Å². The normalized spacial score (nSPS) is 11.3. The molecule has 0 aliphatic rings. The van der Waals surface area contributed by atoms with Crippen LogP contribution in [0.15, 0.2) is 48.5 Å². The van der Waals surface area contributed by atoms with E-state index in [9.17, 15) is 4.79 Å². The minimum absolute atomic E-state index is 0.109. The number of aromatic nitrogens is 1. The Morgan fingerprint density at radius 1 is 1.00 bits per heavy atom. The number of benzene rings is 2. The first kappa shape index (κ1) is 12.7. The lowest BCUT2D eigenvalue weighted by Crippen LogP contribution is -1.83. The first-order chi connectivity index (χ1) is 10.2. The maximum Gasteiger partial charge on any atom is 0.169 e. The summed E-state index contributed by atoms with van der Waals surface area (Å²) in [5.41, 5.74) is 1.02. The fraction of sp³-hybridized carbons (Fsp3) is 0.0588. The predicted molar refractivity (Wildman–Crippen MR) is 90.4 cm³/mol. The summed E-state index contributed by atoms with van der Waals surface area (Å²) in [4.78, 5) is 18.0. The average Bonchev–Trinajstić information content (AvgIpc) is 3.13. The third-order valence-electron chi connectivity index (χ3n) is 3.44. The van der Waals surface area contributed by atoms with Crippen molar-refractivity contribution in [1.29, 1.82) is 0 Å². The molecule has 4 heteroatoms. The molecule has 2 aromatic carbocycles. The molecule has 0 saturated carbocycles. The monoisotopic (exact) mass is 309 g/mol. The molecule has 0 aliphatic heterocycles. The Hall–Kier alpha value is -2.04. The second-order valence-electron chi connectivity index (χ2n) is 4.87. The SMILES string of the molecule is CC(=O)c1ccc(-c2nc3ccc4ccccc4c3s2)s1. The molecule has 4 rings (SSSR count). The summed E-state index contributed by atoms with van der Waals surface area (Å²) in [5.74, 6) is 0.109. The lowest BCUT2D eigenvalue weighted by molar-refractivity contribution is 0.102. The summed E-state index contributed by atoms with van der Waals surface area (Å²) < 4.78 is 1.21. The molecule has 0 fully saturated rings. The van der Waals surface area contributed by atoms with Gasteiger partial charge in [0.1, 0.15) is 5.01 Å². The highest BCUT2D eigenvalue weighted by Crippen LogP contribution is 2.37. The Kier molecular flexibility index (Phi) is 2.87. The van der Waals surface area contributed by atoms with Crippen molar-refractivity contribution in [3.63, 3.8) is 0 Å². The van der Waals surface area contributed by atoms with Crippen molar-refractivity contribution in [3.05, 3.63) is 53.4 Å². The van der Waals surface area contributed by atoms with Gasteiger partial charge in [-0.1, -0.05) is 30.3 Å². The molecule has 2 nitrogen and oxygen atoms in total. The lowest BCUT2D eigenvalue weighted by atomic mass is 10.1. The van der Waals surface area contributed by atoms with Crippen LogP contribution in [0, 0.1) is 0 Å². The summed E-state index contributed by atoms with van der Waals surface area (Å²) in [6.07, 6.45) is 0. The summed E-state index contributed by atoms with van der Waals surface area (Å²) >= 11 is 3.21. The number of Topliss-reactive ketones (excluding diaryl/α,β-unsaturated/α-hetero) is 1. The molecular weight excluding hydrogens is 298 g/mol. The molecule has 0 spiro atoms. The van der Waals surface area contributed by atoms with Gasteiger partial charge in [-0.3, -0.25) is 4.79 Å². The molecule has 0 aliphatic carbocycles. The second kappa shape index (κ2) is 4.76. The molecule has 0 N–H and O–H groups in total. The largest absolute Gasteiger partial charge is 0.294 e. The van der Waals surface area contributed by atoms with Gasteiger partial charge in [0.15, 0.2) is 5.78 Å². The number of carbonyl (C=O) groups is 1. The van der Waals surface area contributed by atoms with Crippen molar-refractivity contribution < 1.29 is 4.79 Å². The Bertz CT molecular complexity index is 981. The van der Waals surface area contributed by atoms with Crippen molar-refractivity contribution in [2.75, 3.05) is 0 Å². The van der Waals surface area contributed by atoms with E-state index in [0.717, 1.165) is 20.3 Å². The van der Waals surface area contributed by atoms with Gasteiger partial charge in [0, 0.05) is 5.39 Å². The first-order valence-electron chi connectivity index (χ1n) is 6.62. The number of ketones is 1. The van der Waals surface area contributed by atoms with Crippen LogP contribution in [0.1, 0.15) is 16.6 Å². The summed E-state index contributed by atoms with van der Waals surface area (Å²) in [5, 5.41) is 3.46. The van der Waals surface area contributed by atoms with Gasteiger partial charge in [-0.25, -0.2) is 4.98 Å². The Labute approximate surface area is 129 Å². The number of carbonyl (C=O) groups excluding carboxylic acids is 1. The summed E-state index contributed by atoms with van der Waals surface area (Å²) in [7, 11) is 0. The summed E-state index contributed by atoms with van der Waals surface area (Å²) in [6, 6.07) is 16.4. The van der Waals surface area contributed by atoms with Crippen LogP contribution in [-0.4, -0.2) is 10.8 Å². The molecule has 0 radical (unpaired) electrons. The van der Waals surface area contributed by atoms with Gasteiger partial charge in [-0.2, -0.15) is 0 Å². The van der Waals surface area contributed by atoms with Crippen LogP contribution in [0.4, 0.5) is 0 Å². The van der Waals surface area contributed by atoms with Crippen LogP contribution in [-0.2, 0) is 0 Å². The highest BCUT2D eigenvalue weighted by Gasteiger charge is 2.12. The topological polar surface area (TPSA) is 30.0 Å². The summed E-state index contributed by atoms with van der Waals surface area (Å²) in [6.45, 7) is 1.60. The van der Waals surface area contributed by atoms with E-state index in [4.69, 9.17) is 4.98 Å². The number of fused-ring (bicyclic) bond motifs is 3. The smallest absolute Gasteiger partial charge is 0.169 e. The van der Waals surface area contributed by atoms with Gasteiger partial charge < -0.3 is 0 Å². The van der Waals surface area contributed by atoms with Crippen LogP contribution in [0.5, 0.6) is 0 Å². The fourth-order valence-electron chi connectivity index (χ4n) is 2.40. The number of hydrogen-bond acceptors (Lipinski definition) is 4. The first-order valence-corrected chi connectivity index (χ1v) is 8.25. The fourth-order valence-corrected chi connectivity index (χ4v) is 4.46. The van der Waals surface area contributed by atoms with Gasteiger partial charge in [0.25, 0.3) is 0 Å². The molecule has 0 atom stereocenters. The van der Waals surface area contributed by atoms with Crippen LogP contribution < -0.4 is 0 Å². The van der Waals surface area contributed by atoms with E-state index in [2.05, 4.69) is 36.4 Å². The predicted octanol–water partition coefficient (Wildman–Crippen LogP) is 5.38. The minimum atomic E-state index is 0.109. The standard InChI is InChI=1S/C17H11NOS2/c1-10(19)14-8-9-15(20-14)17-18-13-7-6-11-4-2-3-5-12(11)16(13)21-17/h2-9H,1H3. The lowest BCUT2D eigenvalue weighted by Gasteiger charge is -1.96. The van der Waals surface area contributed by atoms with Gasteiger partial charge in [-0.05, 0) is 30.5 Å². The maximum atomic E-state index is 11.4. The molecular formula is C17H11NOS2. The zero-order valence-corrected chi connectivity index (χ0v) is 12.9. The van der Waals surface area contributed by atoms with Gasteiger partial charge in [-0.15, -0.1) is 22.7 Å². The highest BCUT2D eigenvalue weighted by molar-refractivity contribution is 7.26. The van der Waals surface area contributed by atoms with Crippen molar-refractivity contribution in [1.82, 2.24) is 4.98 Å². The highest BCUT2D eigenvalue weighted by atomic mass is 32.1. The molecule has 4 aromatic rings. The van der Waals surface area contributed by atoms with Crippen molar-refractivity contribution in [2.45, 2.75) is 6.92 Å². The molecule has 0 unspecified atom stereocenters. The molecule has 21 heavy (non-hydrogen) atoms. The Morgan fingerprint density at radius 3 is 2.67 bits per heavy atom. The van der Waals surface area contributed by atoms with Crippen LogP contribution in [0.3, 0.4) is 0 Å². The number of nitrogens with zero attached hydrogens (tertiary/aromatic N) is 1. The zero-order valence-electron chi connectivity index (χ0n) is 11.3. The Morgan fingerprint density at radius 2 is 1.86 bits per heavy atom. The van der Waals surface area contributed by atoms with Gasteiger partial charge >= 0.3 is 0 Å². The molecule has 2 heterocycles. The van der Waals surface area contributed by atoms with Crippen LogP contribution >= 0.6 is 22.7 Å². The molecule has 0 bridgehead atoms. The van der Waals surface area contributed by atoms with Crippen LogP contribution in [0.2, 0.25) is 0 Å². The number of thiazole rings is 1. The zero-order chi connectivity index (χ0) is 14.4. The van der Waals surface area contributed by atoms with Crippen LogP contribution in [0.25, 0.3) is 30.9 Å². The van der Waals surface area contributed by atoms with E-state index in [-0.39, 0.29) is 5.78 Å². The third-order valence-corrected chi connectivity index (χ3v) is 5.90. The third kappa shape index (κ3) is 2.07. The van der Waals surface area contributed by atoms with E-state index in [1.54, 1.807) is 18.3 Å². The molecule has 0 saturated heterocycles. The minimum Gasteiger partial charge on any atom is -0.294 e. The van der Waals surface area contributed by atoms with Gasteiger partial charge in [0.2, 0.25) is 0 Å². The van der Waals surface area contributed by atoms with E-state index >= 15 is 0 Å². The number of rotatable bonds is 2. The number of hydrogen-bond donors (Lipinski definition) is 0. The van der Waals surface area contributed by atoms with Crippen molar-refractivity contribution in [3.8, 4) is 9.88 Å². The second-order valence-corrected chi connectivity index (χ2v) is 6.96. The number of thiophene rings is 1. The quantitative estimate of drug-likeness (QED) is 0.465. The molecule has 102 valence electrons. The van der Waals surface area contributed by atoms with E-state index in [1.165, 1.54) is 26.8 Å². The maximum absolute atomic E-state index is 11.4. The van der Waals surface area contributed by atoms with E-state index < -0.39 is 0 Å². The van der Waals surface area contributed by atoms with Crippen molar-refractivity contribution in [2.24, 2.45) is 0 Å². The molecule has 0 amide bonds. The van der Waals surface area contributed by atoms with E-state index in [0.29, 0.717) is 0 Å². The molecule has 2 aromatic heterocycles. The average molecular weight is 309 g/mol.